The molecule has 1 aromatic rings. The molecule has 0 heterocycles. The van der Waals surface area contributed by atoms with Gasteiger partial charge in [0.25, 0.3) is 0 Å². The minimum Gasteiger partial charge on any atom is -0.444 e. The number of amides is 2. The third kappa shape index (κ3) is 6.20. The lowest BCUT2D eigenvalue weighted by atomic mass is 9.74. The first-order chi connectivity index (χ1) is 15.8. The molecule has 1 saturated carbocycles. The van der Waals surface area contributed by atoms with Crippen LogP contribution in [0.5, 0.6) is 0 Å². The molecule has 34 heavy (non-hydrogen) atoms. The van der Waals surface area contributed by atoms with E-state index in [1.807, 2.05) is 0 Å². The van der Waals surface area contributed by atoms with Crippen LogP contribution in [0.25, 0.3) is 0 Å². The molecule has 2 atom stereocenters. The zero-order valence-corrected chi connectivity index (χ0v) is 21.3. The van der Waals surface area contributed by atoms with Crippen molar-refractivity contribution in [1.82, 2.24) is 9.80 Å². The minimum atomic E-state index is -1.26. The quantitative estimate of drug-likeness (QED) is 0.422. The topological polar surface area (TPSA) is 102 Å². The number of carbonyl (C=O) groups excluding carboxylic acids is 4. The Bertz CT molecular complexity index is 930. The molecule has 2 rings (SSSR count). The van der Waals surface area contributed by atoms with E-state index in [0.29, 0.717) is 23.4 Å². The number of hydrogen-bond donors (Lipinski definition) is 0. The van der Waals surface area contributed by atoms with Crippen molar-refractivity contribution in [3.8, 4) is 0 Å². The number of hydrogen-bond acceptors (Lipinski definition) is 7. The number of halogens is 1. The summed E-state index contributed by atoms with van der Waals surface area (Å²) in [4.78, 5) is 52.7. The second kappa shape index (κ2) is 11.1. The van der Waals surface area contributed by atoms with Gasteiger partial charge in [-0.25, -0.2) is 14.4 Å². The number of carbonyl (C=O) groups is 4. The predicted molar refractivity (Wildman–Crippen MR) is 125 cm³/mol. The largest absolute Gasteiger partial charge is 0.444 e. The van der Waals surface area contributed by atoms with E-state index in [1.165, 1.54) is 25.9 Å². The van der Waals surface area contributed by atoms with Crippen molar-refractivity contribution in [2.45, 2.75) is 70.6 Å². The number of rotatable bonds is 6. The third-order valence-corrected chi connectivity index (χ3v) is 6.14. The number of esters is 1. The van der Waals surface area contributed by atoms with E-state index in [9.17, 15) is 19.2 Å². The molecular formula is C24H33ClN2O7. The normalized spacial score (nSPS) is 19.1. The predicted octanol–water partition coefficient (Wildman–Crippen LogP) is 4.50. The summed E-state index contributed by atoms with van der Waals surface area (Å²) >= 11 is 6.39. The van der Waals surface area contributed by atoms with Gasteiger partial charge in [0, 0.05) is 31.1 Å². The van der Waals surface area contributed by atoms with Crippen LogP contribution < -0.4 is 0 Å². The fourth-order valence-corrected chi connectivity index (χ4v) is 4.08. The molecule has 0 aliphatic heterocycles. The van der Waals surface area contributed by atoms with Gasteiger partial charge in [-0.15, -0.1) is 0 Å². The summed E-state index contributed by atoms with van der Waals surface area (Å²) < 4.78 is 15.4. The van der Waals surface area contributed by atoms with Crippen LogP contribution in [0.2, 0.25) is 5.02 Å². The molecule has 0 aromatic heterocycles. The van der Waals surface area contributed by atoms with Crippen LogP contribution in [-0.2, 0) is 29.3 Å². The van der Waals surface area contributed by atoms with Crippen molar-refractivity contribution >= 4 is 35.5 Å². The molecule has 0 radical (unpaired) electrons. The molecule has 0 saturated heterocycles. The highest BCUT2D eigenvalue weighted by Crippen LogP contribution is 2.42. The third-order valence-electron chi connectivity index (χ3n) is 5.81. The van der Waals surface area contributed by atoms with Crippen molar-refractivity contribution in [1.29, 1.82) is 0 Å². The lowest BCUT2D eigenvalue weighted by Gasteiger charge is -2.43. The molecule has 1 aliphatic rings. The van der Waals surface area contributed by atoms with Gasteiger partial charge in [0.1, 0.15) is 17.2 Å². The van der Waals surface area contributed by atoms with Gasteiger partial charge in [-0.1, -0.05) is 29.8 Å². The van der Waals surface area contributed by atoms with E-state index < -0.39 is 42.1 Å². The first-order valence-corrected chi connectivity index (χ1v) is 11.5. The van der Waals surface area contributed by atoms with Crippen LogP contribution in [-0.4, -0.2) is 66.3 Å². The smallest absolute Gasteiger partial charge is 0.413 e. The van der Waals surface area contributed by atoms with Gasteiger partial charge in [0.15, 0.2) is 5.78 Å². The number of ketones is 1. The van der Waals surface area contributed by atoms with Gasteiger partial charge in [-0.3, -0.25) is 14.6 Å². The lowest BCUT2D eigenvalue weighted by molar-refractivity contribution is -0.158. The fraction of sp³-hybridized carbons (Fsp3) is 0.583. The molecule has 0 bridgehead atoms. The van der Waals surface area contributed by atoms with Gasteiger partial charge < -0.3 is 14.2 Å². The Hall–Kier alpha value is -2.81. The summed E-state index contributed by atoms with van der Waals surface area (Å²) in [6.45, 7) is 5.92. The zero-order valence-electron chi connectivity index (χ0n) is 20.6. The van der Waals surface area contributed by atoms with Crippen molar-refractivity contribution in [2.24, 2.45) is 0 Å². The monoisotopic (exact) mass is 496 g/mol. The first-order valence-electron chi connectivity index (χ1n) is 11.1. The van der Waals surface area contributed by atoms with Gasteiger partial charge >= 0.3 is 18.2 Å². The summed E-state index contributed by atoms with van der Waals surface area (Å²) in [5.74, 6) is -0.908. The van der Waals surface area contributed by atoms with Crippen molar-refractivity contribution in [3.05, 3.63) is 34.9 Å². The second-order valence-electron chi connectivity index (χ2n) is 9.29. The molecule has 9 nitrogen and oxygen atoms in total. The highest BCUT2D eigenvalue weighted by Gasteiger charge is 2.48. The summed E-state index contributed by atoms with van der Waals surface area (Å²) in [6.07, 6.45) is 0.653. The van der Waals surface area contributed by atoms with Gasteiger partial charge in [0.05, 0.1) is 0 Å². The Morgan fingerprint density at radius 3 is 2.32 bits per heavy atom. The first kappa shape index (κ1) is 27.4. The van der Waals surface area contributed by atoms with E-state index >= 15 is 0 Å². The molecule has 1 fully saturated rings. The van der Waals surface area contributed by atoms with Crippen LogP contribution in [0.3, 0.4) is 0 Å². The SMILES string of the molecule is C[C@@H](C(=O)OCOC(=O)N(C)[C@]1(c2ccccc2Cl)CCCCC1=O)N(C)C(=O)OC(C)(C)C. The molecule has 0 unspecified atom stereocenters. The molecule has 0 N–H and O–H groups in total. The molecule has 1 aliphatic carbocycles. The highest BCUT2D eigenvalue weighted by atomic mass is 35.5. The summed E-state index contributed by atoms with van der Waals surface area (Å²) in [5, 5.41) is 0.378. The van der Waals surface area contributed by atoms with Gasteiger partial charge in [-0.05, 0) is 53.0 Å². The van der Waals surface area contributed by atoms with Crippen molar-refractivity contribution < 1.29 is 33.4 Å². The molecule has 10 heteroatoms. The Morgan fingerprint density at radius 2 is 1.74 bits per heavy atom. The second-order valence-corrected chi connectivity index (χ2v) is 9.70. The molecule has 0 spiro atoms. The van der Waals surface area contributed by atoms with E-state index in [0.717, 1.165) is 17.7 Å². The van der Waals surface area contributed by atoms with Crippen LogP contribution in [0.4, 0.5) is 9.59 Å². The van der Waals surface area contributed by atoms with E-state index in [2.05, 4.69) is 0 Å². The average Bonchev–Trinajstić information content (AvgIpc) is 2.77. The Balaban J connectivity index is 2.04. The standard InChI is InChI=1S/C24H33ClN2O7/c1-16(26(5)21(30)34-23(2,3)4)20(29)32-15-33-22(31)27(6)24(14-10-9-13-19(24)28)17-11-7-8-12-18(17)25/h7-8,11-12,16H,9-10,13-15H2,1-6H3/t16-,24-/m0/s1. The molecular weight excluding hydrogens is 464 g/mol. The highest BCUT2D eigenvalue weighted by molar-refractivity contribution is 6.31. The molecule has 188 valence electrons. The van der Waals surface area contributed by atoms with Crippen molar-refractivity contribution in [3.63, 3.8) is 0 Å². The lowest BCUT2D eigenvalue weighted by Crippen LogP contribution is -2.54. The van der Waals surface area contributed by atoms with Crippen LogP contribution >= 0.6 is 11.6 Å². The molecule has 2 amide bonds. The van der Waals surface area contributed by atoms with Crippen molar-refractivity contribution in [2.75, 3.05) is 20.9 Å². The maximum absolute atomic E-state index is 13.1. The molecule has 1 aromatic carbocycles. The van der Waals surface area contributed by atoms with Crippen LogP contribution in [0.1, 0.15) is 58.9 Å². The van der Waals surface area contributed by atoms with E-state index in [4.69, 9.17) is 25.8 Å². The number of benzene rings is 1. The van der Waals surface area contributed by atoms with Crippen LogP contribution in [0, 0.1) is 0 Å². The number of ether oxygens (including phenoxy) is 3. The maximum Gasteiger partial charge on any atom is 0.413 e. The minimum absolute atomic E-state index is 0.129. The fourth-order valence-electron chi connectivity index (χ4n) is 3.79. The number of likely N-dealkylation sites (N-methyl/N-ethyl adjacent to an activating group) is 2. The summed E-state index contributed by atoms with van der Waals surface area (Å²) in [6, 6.07) is 5.93. The van der Waals surface area contributed by atoms with Crippen LogP contribution in [0.15, 0.2) is 24.3 Å². The number of Topliss-reactive ketones (excluding diaryl/α,β-unsaturated/α-hetero) is 1. The average molecular weight is 497 g/mol. The Kier molecular flexibility index (Phi) is 8.94. The summed E-state index contributed by atoms with van der Waals surface area (Å²) in [5.41, 5.74) is -1.45. The van der Waals surface area contributed by atoms with Gasteiger partial charge in [-0.2, -0.15) is 0 Å². The van der Waals surface area contributed by atoms with Gasteiger partial charge in [0.2, 0.25) is 6.79 Å². The number of nitrogens with zero attached hydrogens (tertiary/aromatic N) is 2. The summed E-state index contributed by atoms with van der Waals surface area (Å²) in [7, 11) is 2.87. The zero-order chi connectivity index (χ0) is 25.7. The van der Waals surface area contributed by atoms with E-state index in [1.54, 1.807) is 45.0 Å². The maximum atomic E-state index is 13.1. The Labute approximate surface area is 205 Å². The van der Waals surface area contributed by atoms with E-state index in [-0.39, 0.29) is 5.78 Å². The Morgan fingerprint density at radius 1 is 1.09 bits per heavy atom.